The standard InChI is InChI=1S/C39H57N12O27P5/c1-5-17-6-8-42-32-25(24(17)40)43-14-50(32)37-31(69-4)30(76-81(63,64)70-12-20-28(55)29(56)36(74-20)49-9-7-22(52)45-39(49)58)21(75-37)13-72-83(67,68)78-80(61,62)16-79(59,60)77-82(65,66)71-11-19-18(10-23(53)48(2)3)27(54)35(73-19)51-15-44-26-33(51)46-38(41)47-34(26)57/h7-9,14-15,18-21,27-31,35-37,54-56H,5-6,10-13,16,40H2,1-4H3,(H,59,60)(H,61,62)(H,63,64)(H,65,66)(H,67,68)(H,45,52,58)(H3,41,46,47,57)/t18-,19-,20-,21-,27-,28-,29-,30-,31-,35-,36-,37-/m1/s1. The van der Waals surface area contributed by atoms with Gasteiger partial charge in [-0.1, -0.05) is 6.92 Å². The van der Waals surface area contributed by atoms with Crippen molar-refractivity contribution in [3.63, 3.8) is 0 Å². The molecule has 39 nitrogen and oxygen atoms in total. The van der Waals surface area contributed by atoms with Crippen LogP contribution in [0.25, 0.3) is 16.9 Å². The number of aromatic nitrogens is 8. The normalized spacial score (nSPS) is 30.1. The third-order valence-electron chi connectivity index (χ3n) is 13.1. The molecule has 8 heterocycles. The second kappa shape index (κ2) is 24.9. The predicted molar refractivity (Wildman–Crippen MR) is 277 cm³/mol. The maximum atomic E-state index is 13.7. The van der Waals surface area contributed by atoms with Crippen LogP contribution in [0.4, 0.5) is 11.8 Å². The Morgan fingerprint density at radius 3 is 1.99 bits per heavy atom. The summed E-state index contributed by atoms with van der Waals surface area (Å²) in [7, 11) is -25.4. The van der Waals surface area contributed by atoms with Crippen molar-refractivity contribution >= 4 is 79.4 Å². The van der Waals surface area contributed by atoms with Gasteiger partial charge in [0.05, 0.1) is 44.3 Å². The molecule has 0 radical (unpaired) electrons. The van der Waals surface area contributed by atoms with Crippen LogP contribution in [-0.2, 0) is 73.3 Å². The zero-order valence-electron chi connectivity index (χ0n) is 43.6. The van der Waals surface area contributed by atoms with E-state index in [1.807, 2.05) is 11.9 Å². The number of carbonyl (C=O) groups is 1. The van der Waals surface area contributed by atoms with Crippen LogP contribution in [0.15, 0.2) is 49.9 Å². The zero-order chi connectivity index (χ0) is 60.9. The van der Waals surface area contributed by atoms with Gasteiger partial charge in [0.25, 0.3) is 11.1 Å². The summed E-state index contributed by atoms with van der Waals surface area (Å²) in [5, 5.41) is 32.7. The molecule has 5 unspecified atom stereocenters. The first kappa shape index (κ1) is 64.2. The number of aliphatic imine (C=N–C) groups is 1. The number of fused-ring (bicyclic) bond motifs is 2. The Balaban J connectivity index is 0.946. The van der Waals surface area contributed by atoms with Gasteiger partial charge in [-0.2, -0.15) is 4.98 Å². The fourth-order valence-electron chi connectivity index (χ4n) is 9.17. The van der Waals surface area contributed by atoms with Crippen LogP contribution in [0.3, 0.4) is 0 Å². The van der Waals surface area contributed by atoms with Crippen molar-refractivity contribution in [3.8, 4) is 0 Å². The van der Waals surface area contributed by atoms with Crippen molar-refractivity contribution in [1.29, 1.82) is 0 Å². The van der Waals surface area contributed by atoms with E-state index in [0.29, 0.717) is 12.8 Å². The number of allylic oxidation sites excluding steroid dienone is 1. The van der Waals surface area contributed by atoms with Crippen LogP contribution in [0.1, 0.15) is 50.6 Å². The van der Waals surface area contributed by atoms with E-state index in [2.05, 4.69) is 33.5 Å². The van der Waals surface area contributed by atoms with Crippen LogP contribution in [-0.4, -0.2) is 191 Å². The smallest absolute Gasteiger partial charge is 0.397 e. The number of aromatic amines is 2. The number of nitrogens with two attached hydrogens (primary N) is 2. The molecular weight excluding hydrogens is 1220 g/mol. The monoisotopic (exact) mass is 1280 g/mol. The third kappa shape index (κ3) is 14.5. The number of hydrogen-bond acceptors (Lipinski definition) is 28. The van der Waals surface area contributed by atoms with E-state index in [1.165, 1.54) is 31.2 Å². The Kier molecular flexibility index (Phi) is 19.2. The highest BCUT2D eigenvalue weighted by Crippen LogP contribution is 2.70. The quantitative estimate of drug-likeness (QED) is 0.0349. The van der Waals surface area contributed by atoms with Gasteiger partial charge >= 0.3 is 44.3 Å². The summed E-state index contributed by atoms with van der Waals surface area (Å²) in [5.74, 6) is -4.33. The van der Waals surface area contributed by atoms with Crippen LogP contribution >= 0.6 is 38.7 Å². The number of nitrogens with zero attached hydrogens (tertiary/aromatic N) is 8. The molecule has 0 spiro atoms. The van der Waals surface area contributed by atoms with E-state index in [4.69, 9.17) is 48.5 Å². The number of hydrogen-bond donors (Lipinski definition) is 12. The molecule has 44 heteroatoms. The number of aliphatic hydroxyl groups excluding tert-OH is 3. The summed E-state index contributed by atoms with van der Waals surface area (Å²) in [4.78, 5) is 125. The Morgan fingerprint density at radius 1 is 0.771 bits per heavy atom. The lowest BCUT2D eigenvalue weighted by molar-refractivity contribution is -0.130. The largest absolute Gasteiger partial charge is 0.479 e. The molecule has 0 aromatic carbocycles. The molecule has 83 heavy (non-hydrogen) atoms. The highest BCUT2D eigenvalue weighted by molar-refractivity contribution is 7.76. The molecule has 0 aliphatic carbocycles. The third-order valence-corrected chi connectivity index (χ3v) is 21.6. The highest BCUT2D eigenvalue weighted by atomic mass is 31.3. The summed E-state index contributed by atoms with van der Waals surface area (Å²) in [6.45, 7) is -1.58. The van der Waals surface area contributed by atoms with Gasteiger partial charge in [0.1, 0.15) is 48.4 Å². The van der Waals surface area contributed by atoms with E-state index in [-0.39, 0.29) is 34.3 Å². The SMILES string of the molecule is CCC1=C(N)c2ncn([C@@H]3O[C@H](COP(=O)(O)OP(=O)(O)CP(=O)(O)OP(=O)(O)OC[C@H]4O[C@@H](n5cnc6c(=O)[nH]c(N)nc65)[C@H](O)[C@@H]4CC(=O)N(C)C)[C@@H](OP(=O)(O)OC[C@H]4O[C@@H](n5ccc(=O)[nH]c5=O)[C@H](O)[C@@H]4O)[C@H]3OC)c2N=CC1. The topological polar surface area (TPSA) is 560 Å². The number of amides is 1. The molecule has 4 aliphatic rings. The number of nitrogens with one attached hydrogen (secondary N) is 2. The van der Waals surface area contributed by atoms with Crippen LogP contribution in [0.5, 0.6) is 0 Å². The van der Waals surface area contributed by atoms with Crippen molar-refractivity contribution in [1.82, 2.24) is 43.5 Å². The fourth-order valence-corrected chi connectivity index (χ4v) is 16.9. The summed E-state index contributed by atoms with van der Waals surface area (Å²) in [6, 6.07) is 0.916. The second-order valence-corrected chi connectivity index (χ2v) is 27.8. The minimum Gasteiger partial charge on any atom is -0.397 e. The number of nitrogen functional groups attached to an aromatic ring is 1. The molecule has 3 saturated heterocycles. The number of ether oxygens (including phenoxy) is 4. The van der Waals surface area contributed by atoms with E-state index in [9.17, 15) is 81.8 Å². The molecule has 460 valence electrons. The van der Waals surface area contributed by atoms with Crippen molar-refractivity contribution < 1.29 is 113 Å². The molecule has 0 bridgehead atoms. The lowest BCUT2D eigenvalue weighted by Crippen LogP contribution is -2.38. The zero-order valence-corrected chi connectivity index (χ0v) is 48.0. The minimum atomic E-state index is -6.01. The van der Waals surface area contributed by atoms with E-state index < -0.39 is 167 Å². The summed E-state index contributed by atoms with van der Waals surface area (Å²) < 4.78 is 122. The first-order valence-electron chi connectivity index (χ1n) is 24.2. The van der Waals surface area contributed by atoms with Crippen LogP contribution in [0.2, 0.25) is 0 Å². The molecule has 1 amide bonds. The Labute approximate surface area is 465 Å². The second-order valence-electron chi connectivity index (χ2n) is 19.0. The molecule has 3 fully saturated rings. The van der Waals surface area contributed by atoms with Gasteiger partial charge in [-0.25, -0.2) is 42.1 Å². The maximum absolute atomic E-state index is 13.7. The molecule has 0 saturated carbocycles. The van der Waals surface area contributed by atoms with Crippen molar-refractivity contribution in [2.24, 2.45) is 16.6 Å². The van der Waals surface area contributed by atoms with Crippen molar-refractivity contribution in [3.05, 3.63) is 67.4 Å². The number of H-pyrrole nitrogens is 2. The lowest BCUT2D eigenvalue weighted by atomic mass is 9.94. The van der Waals surface area contributed by atoms with Gasteiger partial charge in [0.15, 0.2) is 41.6 Å². The molecule has 4 aromatic heterocycles. The molecule has 4 aliphatic heterocycles. The molecular formula is C39H57N12O27P5. The number of phosphoric ester groups is 3. The van der Waals surface area contributed by atoms with Crippen LogP contribution < -0.4 is 28.3 Å². The minimum absolute atomic E-state index is 0.0675. The van der Waals surface area contributed by atoms with Crippen molar-refractivity contribution in [2.45, 2.75) is 93.7 Å². The number of anilines is 1. The van der Waals surface area contributed by atoms with Crippen molar-refractivity contribution in [2.75, 3.05) is 52.7 Å². The van der Waals surface area contributed by atoms with Crippen LogP contribution in [0, 0.1) is 5.92 Å². The van der Waals surface area contributed by atoms with Gasteiger partial charge in [-0.15, -0.1) is 0 Å². The number of imidazole rings is 2. The van der Waals surface area contributed by atoms with E-state index in [1.54, 1.807) is 0 Å². The maximum Gasteiger partial charge on any atom is 0.479 e. The van der Waals surface area contributed by atoms with Gasteiger partial charge in [-0.05, 0) is 12.0 Å². The van der Waals surface area contributed by atoms with Gasteiger partial charge < -0.3 is 75.1 Å². The Morgan fingerprint density at radius 2 is 1.36 bits per heavy atom. The first-order valence-corrected chi connectivity index (χ1v) is 32.3. The van der Waals surface area contributed by atoms with Gasteiger partial charge in [0, 0.05) is 58.4 Å². The number of aliphatic hydroxyl groups is 3. The Bertz CT molecular complexity index is 3590. The van der Waals surface area contributed by atoms with E-state index >= 15 is 0 Å². The number of rotatable bonds is 24. The summed E-state index contributed by atoms with van der Waals surface area (Å²) in [5.41, 5.74) is 10.3. The molecule has 14 N–H and O–H groups in total. The highest BCUT2D eigenvalue weighted by Gasteiger charge is 2.54. The molecule has 17 atom stereocenters. The lowest BCUT2D eigenvalue weighted by Gasteiger charge is -2.26. The predicted octanol–water partition coefficient (Wildman–Crippen LogP) is -1.68. The molecule has 4 aromatic rings. The fraction of sp³-hybridized carbons (Fsp3) is 0.590. The van der Waals surface area contributed by atoms with Gasteiger partial charge in [-0.3, -0.25) is 65.3 Å². The first-order chi connectivity index (χ1) is 38.7. The average molecular weight is 1280 g/mol. The number of methoxy groups -OCH3 is 1. The summed E-state index contributed by atoms with van der Waals surface area (Å²) >= 11 is 0. The number of phosphoric acid groups is 3. The molecule has 8 rings (SSSR count). The Hall–Kier alpha value is -4.85. The van der Waals surface area contributed by atoms with E-state index in [0.717, 1.165) is 45.3 Å². The average Bonchev–Trinajstić information content (AvgIpc) is 2.67. The van der Waals surface area contributed by atoms with Gasteiger partial charge in [0.2, 0.25) is 11.9 Å². The number of carbonyl (C=O) groups excluding carboxylic acids is 1. The summed E-state index contributed by atoms with van der Waals surface area (Å²) in [6.07, 6.45) is -13.5.